The molecule has 0 unspecified atom stereocenters. The summed E-state index contributed by atoms with van der Waals surface area (Å²) < 4.78 is 0. The quantitative estimate of drug-likeness (QED) is 0.552. The molecule has 3 nitrogen and oxygen atoms in total. The lowest BCUT2D eigenvalue weighted by Gasteiger charge is -2.02. The number of aromatic nitrogens is 1. The number of hydrogen-bond donors (Lipinski definition) is 0. The van der Waals surface area contributed by atoms with Crippen LogP contribution in [0.4, 0.5) is 0 Å². The lowest BCUT2D eigenvalue weighted by Crippen LogP contribution is -1.90. The maximum atomic E-state index is 8.47. The Kier molecular flexibility index (Phi) is 3.53. The van der Waals surface area contributed by atoms with Gasteiger partial charge in [-0.05, 0) is 24.1 Å². The Bertz CT molecular complexity index is 464. The van der Waals surface area contributed by atoms with E-state index in [0.717, 1.165) is 16.7 Å². The Balaban J connectivity index is 2.88. The van der Waals surface area contributed by atoms with Crippen LogP contribution < -0.4 is 0 Å². The minimum atomic E-state index is 0.165. The van der Waals surface area contributed by atoms with Crippen molar-refractivity contribution in [2.45, 2.75) is 6.92 Å². The first-order valence-electron chi connectivity index (χ1n) is 4.38. The minimum absolute atomic E-state index is 0.165. The summed E-state index contributed by atoms with van der Waals surface area (Å²) in [4.78, 5) is 7.86. The van der Waals surface area contributed by atoms with Gasteiger partial charge in [-0.3, -0.25) is 4.98 Å². The standard InChI is InChI=1S/C12H11N3/c1-9-4-5-14-8-12(9)10(2)7-15-11(3)6-13/h4-5,7-8H,2-3H2,1H3/b15-7+. The maximum absolute atomic E-state index is 8.47. The van der Waals surface area contributed by atoms with Crippen LogP contribution in [0, 0.1) is 18.3 Å². The Morgan fingerprint density at radius 1 is 1.60 bits per heavy atom. The Morgan fingerprint density at radius 3 is 2.93 bits per heavy atom. The molecule has 0 bridgehead atoms. The van der Waals surface area contributed by atoms with Crippen molar-refractivity contribution in [3.05, 3.63) is 48.4 Å². The van der Waals surface area contributed by atoms with E-state index in [0.29, 0.717) is 0 Å². The average molecular weight is 197 g/mol. The molecular weight excluding hydrogens is 186 g/mol. The van der Waals surface area contributed by atoms with Crippen LogP contribution in [0.15, 0.2) is 42.3 Å². The van der Waals surface area contributed by atoms with Crippen LogP contribution in [-0.4, -0.2) is 11.2 Å². The number of hydrogen-bond acceptors (Lipinski definition) is 3. The van der Waals surface area contributed by atoms with Crippen molar-refractivity contribution < 1.29 is 0 Å². The van der Waals surface area contributed by atoms with Gasteiger partial charge in [-0.25, -0.2) is 4.99 Å². The van der Waals surface area contributed by atoms with Crippen molar-refractivity contribution >= 4 is 11.8 Å². The molecule has 0 saturated carbocycles. The molecule has 0 saturated heterocycles. The molecule has 0 fully saturated rings. The Hall–Kier alpha value is -2.21. The second-order valence-electron chi connectivity index (χ2n) is 3.03. The van der Waals surface area contributed by atoms with Gasteiger partial charge < -0.3 is 0 Å². The first-order chi connectivity index (χ1) is 7.15. The van der Waals surface area contributed by atoms with E-state index in [9.17, 15) is 0 Å². The largest absolute Gasteiger partial charge is 0.264 e. The average Bonchev–Trinajstić information content (AvgIpc) is 2.26. The van der Waals surface area contributed by atoms with Gasteiger partial charge in [-0.1, -0.05) is 13.2 Å². The molecule has 1 heterocycles. The van der Waals surface area contributed by atoms with E-state index in [4.69, 9.17) is 5.26 Å². The number of allylic oxidation sites excluding steroid dienone is 2. The molecule has 1 rings (SSSR count). The molecule has 0 aliphatic carbocycles. The normalized spacial score (nSPS) is 9.87. The van der Waals surface area contributed by atoms with Crippen molar-refractivity contribution in [2.24, 2.45) is 4.99 Å². The highest BCUT2D eigenvalue weighted by Gasteiger charge is 1.99. The van der Waals surface area contributed by atoms with Crippen molar-refractivity contribution in [3.63, 3.8) is 0 Å². The van der Waals surface area contributed by atoms with Gasteiger partial charge in [0.1, 0.15) is 11.8 Å². The molecule has 74 valence electrons. The second kappa shape index (κ2) is 4.87. The van der Waals surface area contributed by atoms with E-state index in [2.05, 4.69) is 23.1 Å². The number of pyridine rings is 1. The number of nitrogens with zero attached hydrogens (tertiary/aromatic N) is 3. The number of nitriles is 1. The molecule has 0 aromatic carbocycles. The topological polar surface area (TPSA) is 49.0 Å². The summed E-state index contributed by atoms with van der Waals surface area (Å²) in [5.74, 6) is 0. The summed E-state index contributed by atoms with van der Waals surface area (Å²) in [6.45, 7) is 9.27. The predicted octanol–water partition coefficient (Wildman–Crippen LogP) is 2.51. The van der Waals surface area contributed by atoms with Gasteiger partial charge in [-0.15, -0.1) is 0 Å². The molecule has 0 aliphatic heterocycles. The van der Waals surface area contributed by atoms with E-state index in [1.807, 2.05) is 19.1 Å². The van der Waals surface area contributed by atoms with E-state index >= 15 is 0 Å². The summed E-state index contributed by atoms with van der Waals surface area (Å²) in [5, 5.41) is 8.47. The number of aryl methyl sites for hydroxylation is 1. The highest BCUT2D eigenvalue weighted by atomic mass is 14.7. The lowest BCUT2D eigenvalue weighted by atomic mass is 10.1. The predicted molar refractivity (Wildman–Crippen MR) is 61.3 cm³/mol. The molecule has 0 radical (unpaired) electrons. The van der Waals surface area contributed by atoms with Crippen LogP contribution in [0.2, 0.25) is 0 Å². The van der Waals surface area contributed by atoms with Gasteiger partial charge in [0.2, 0.25) is 0 Å². The maximum Gasteiger partial charge on any atom is 0.133 e. The molecule has 3 heteroatoms. The first kappa shape index (κ1) is 10.9. The fourth-order valence-corrected chi connectivity index (χ4v) is 1.05. The van der Waals surface area contributed by atoms with Crippen LogP contribution in [0.1, 0.15) is 11.1 Å². The van der Waals surface area contributed by atoms with E-state index < -0.39 is 0 Å². The minimum Gasteiger partial charge on any atom is -0.264 e. The molecular formula is C12H11N3. The van der Waals surface area contributed by atoms with Crippen LogP contribution in [0.5, 0.6) is 0 Å². The van der Waals surface area contributed by atoms with Crippen molar-refractivity contribution in [2.75, 3.05) is 0 Å². The number of aliphatic imine (C=N–C) groups is 1. The highest BCUT2D eigenvalue weighted by molar-refractivity contribution is 6.09. The highest BCUT2D eigenvalue weighted by Crippen LogP contribution is 2.13. The van der Waals surface area contributed by atoms with Crippen LogP contribution in [-0.2, 0) is 0 Å². The Labute approximate surface area is 89.1 Å². The van der Waals surface area contributed by atoms with Gasteiger partial charge in [0.05, 0.1) is 0 Å². The van der Waals surface area contributed by atoms with Crippen LogP contribution >= 0.6 is 0 Å². The summed E-state index contributed by atoms with van der Waals surface area (Å²) >= 11 is 0. The molecule has 15 heavy (non-hydrogen) atoms. The van der Waals surface area contributed by atoms with Crippen molar-refractivity contribution in [1.82, 2.24) is 4.98 Å². The third-order valence-electron chi connectivity index (χ3n) is 1.89. The lowest BCUT2D eigenvalue weighted by molar-refractivity contribution is 1.27. The van der Waals surface area contributed by atoms with Gasteiger partial charge in [-0.2, -0.15) is 5.26 Å². The van der Waals surface area contributed by atoms with E-state index in [-0.39, 0.29) is 5.70 Å². The molecule has 0 N–H and O–H groups in total. The Morgan fingerprint density at radius 2 is 2.33 bits per heavy atom. The smallest absolute Gasteiger partial charge is 0.133 e. The van der Waals surface area contributed by atoms with Crippen LogP contribution in [0.25, 0.3) is 5.57 Å². The van der Waals surface area contributed by atoms with Gasteiger partial charge >= 0.3 is 0 Å². The molecule has 0 spiro atoms. The summed E-state index contributed by atoms with van der Waals surface area (Å²) in [7, 11) is 0. The first-order valence-corrected chi connectivity index (χ1v) is 4.38. The molecule has 0 atom stereocenters. The molecule has 1 aromatic rings. The molecule has 1 aromatic heterocycles. The molecule has 0 amide bonds. The fraction of sp³-hybridized carbons (Fsp3) is 0.0833. The van der Waals surface area contributed by atoms with E-state index in [1.54, 1.807) is 12.4 Å². The summed E-state index contributed by atoms with van der Waals surface area (Å²) in [6.07, 6.45) is 4.96. The summed E-state index contributed by atoms with van der Waals surface area (Å²) in [6, 6.07) is 3.73. The molecule has 0 aliphatic rings. The third-order valence-corrected chi connectivity index (χ3v) is 1.89. The monoisotopic (exact) mass is 197 g/mol. The zero-order valence-electron chi connectivity index (χ0n) is 8.57. The zero-order chi connectivity index (χ0) is 11.3. The van der Waals surface area contributed by atoms with Gasteiger partial charge in [0, 0.05) is 24.2 Å². The van der Waals surface area contributed by atoms with Gasteiger partial charge in [0.25, 0.3) is 0 Å². The fourth-order valence-electron chi connectivity index (χ4n) is 1.05. The zero-order valence-corrected chi connectivity index (χ0v) is 8.57. The van der Waals surface area contributed by atoms with Gasteiger partial charge in [0.15, 0.2) is 0 Å². The van der Waals surface area contributed by atoms with Crippen molar-refractivity contribution in [1.29, 1.82) is 5.26 Å². The van der Waals surface area contributed by atoms with Crippen molar-refractivity contribution in [3.8, 4) is 6.07 Å². The second-order valence-corrected chi connectivity index (χ2v) is 3.03. The third kappa shape index (κ3) is 2.89. The SMILES string of the molecule is C=C(C#N)/N=C/C(=C)c1cnccc1C. The van der Waals surface area contributed by atoms with Crippen LogP contribution in [0.3, 0.4) is 0 Å². The summed E-state index contributed by atoms with van der Waals surface area (Å²) in [5.41, 5.74) is 2.88. The van der Waals surface area contributed by atoms with E-state index in [1.165, 1.54) is 6.21 Å². The number of rotatable bonds is 3.